The van der Waals surface area contributed by atoms with E-state index in [1.165, 1.54) is 35.5 Å². The molecule has 5 aromatic rings. The van der Waals surface area contributed by atoms with E-state index < -0.39 is 11.7 Å². The number of aromatic nitrogens is 1. The third-order valence-corrected chi connectivity index (χ3v) is 6.95. The Kier molecular flexibility index (Phi) is 6.73. The van der Waals surface area contributed by atoms with Crippen LogP contribution in [0.4, 0.5) is 15.8 Å². The number of benzene rings is 4. The van der Waals surface area contributed by atoms with Crippen LogP contribution in [0, 0.1) is 5.82 Å². The zero-order valence-electron chi connectivity index (χ0n) is 19.6. The number of halogens is 1. The van der Waals surface area contributed by atoms with Gasteiger partial charge in [-0.3, -0.25) is 9.59 Å². The van der Waals surface area contributed by atoms with Crippen LogP contribution in [0.2, 0.25) is 0 Å². The minimum Gasteiger partial charge on any atom is -0.341 e. The highest BCUT2D eigenvalue weighted by atomic mass is 32.2. The molecule has 7 heteroatoms. The molecule has 0 aliphatic carbocycles. The van der Waals surface area contributed by atoms with E-state index in [0.717, 1.165) is 33.4 Å². The summed E-state index contributed by atoms with van der Waals surface area (Å²) in [5.41, 5.74) is 3.58. The maximum Gasteiger partial charge on any atom is 0.258 e. The Bertz CT molecular complexity index is 1590. The molecule has 36 heavy (non-hydrogen) atoms. The number of thioether (sulfide) groups is 1. The molecule has 1 heterocycles. The van der Waals surface area contributed by atoms with E-state index in [2.05, 4.69) is 34.3 Å². The van der Waals surface area contributed by atoms with Crippen LogP contribution in [0.3, 0.4) is 0 Å². The summed E-state index contributed by atoms with van der Waals surface area (Å²) in [7, 11) is 0. The molecule has 2 N–H and O–H groups in total. The lowest BCUT2D eigenvalue weighted by Gasteiger charge is -2.09. The van der Waals surface area contributed by atoms with Crippen molar-refractivity contribution in [3.8, 4) is 0 Å². The van der Waals surface area contributed by atoms with Gasteiger partial charge in [-0.05, 0) is 61.5 Å². The first-order valence-electron chi connectivity index (χ1n) is 11.6. The number of hydrogen-bond donors (Lipinski definition) is 2. The van der Waals surface area contributed by atoms with Gasteiger partial charge in [-0.15, -0.1) is 11.8 Å². The molecule has 0 atom stereocenters. The normalized spacial score (nSPS) is 11.1. The van der Waals surface area contributed by atoms with E-state index in [1.54, 1.807) is 24.3 Å². The first kappa shape index (κ1) is 23.6. The first-order chi connectivity index (χ1) is 17.5. The lowest BCUT2D eigenvalue weighted by atomic mass is 10.1. The Hall–Kier alpha value is -4.10. The van der Waals surface area contributed by atoms with E-state index in [9.17, 15) is 14.0 Å². The SMILES string of the molecule is CCn1c2ccccc2c2cc(NC(=O)CSc3cccc(NC(=O)c4ccccc4F)c3)ccc21. The van der Waals surface area contributed by atoms with Crippen LogP contribution in [-0.4, -0.2) is 22.1 Å². The third kappa shape index (κ3) is 4.83. The molecule has 0 radical (unpaired) electrons. The maximum absolute atomic E-state index is 13.9. The fraction of sp³-hybridized carbons (Fsp3) is 0.103. The highest BCUT2D eigenvalue weighted by Crippen LogP contribution is 2.31. The van der Waals surface area contributed by atoms with Gasteiger partial charge in [0.15, 0.2) is 0 Å². The number of aryl methyl sites for hydroxylation is 1. The van der Waals surface area contributed by atoms with Crippen molar-refractivity contribution in [3.63, 3.8) is 0 Å². The van der Waals surface area contributed by atoms with E-state index >= 15 is 0 Å². The third-order valence-electron chi connectivity index (χ3n) is 5.95. The summed E-state index contributed by atoms with van der Waals surface area (Å²) in [4.78, 5) is 25.9. The molecule has 5 nitrogen and oxygen atoms in total. The van der Waals surface area contributed by atoms with Gasteiger partial charge in [0, 0.05) is 44.6 Å². The number of nitrogens with one attached hydrogen (secondary N) is 2. The fourth-order valence-electron chi connectivity index (χ4n) is 4.33. The molecule has 1 aromatic heterocycles. The summed E-state index contributed by atoms with van der Waals surface area (Å²) in [5, 5.41) is 7.97. The second-order valence-electron chi connectivity index (χ2n) is 8.29. The van der Waals surface area contributed by atoms with E-state index in [0.29, 0.717) is 5.69 Å². The number of para-hydroxylation sites is 1. The number of carbonyl (C=O) groups excluding carboxylic acids is 2. The summed E-state index contributed by atoms with van der Waals surface area (Å²) < 4.78 is 16.2. The minimum atomic E-state index is -0.574. The van der Waals surface area contributed by atoms with Crippen LogP contribution in [-0.2, 0) is 11.3 Å². The molecular formula is C29H24FN3O2S. The fourth-order valence-corrected chi connectivity index (χ4v) is 5.08. The lowest BCUT2D eigenvalue weighted by Crippen LogP contribution is -2.14. The number of hydrogen-bond acceptors (Lipinski definition) is 3. The Morgan fingerprint density at radius 2 is 1.56 bits per heavy atom. The quantitative estimate of drug-likeness (QED) is 0.240. The second kappa shape index (κ2) is 10.3. The van der Waals surface area contributed by atoms with Crippen molar-refractivity contribution in [2.24, 2.45) is 0 Å². The molecule has 0 saturated heterocycles. The van der Waals surface area contributed by atoms with Gasteiger partial charge in [-0.1, -0.05) is 36.4 Å². The summed E-state index contributed by atoms with van der Waals surface area (Å²) >= 11 is 1.36. The van der Waals surface area contributed by atoms with Crippen molar-refractivity contribution in [1.29, 1.82) is 0 Å². The molecule has 0 bridgehead atoms. The largest absolute Gasteiger partial charge is 0.341 e. The topological polar surface area (TPSA) is 63.1 Å². The molecule has 5 rings (SSSR count). The summed E-state index contributed by atoms with van der Waals surface area (Å²) in [6.45, 7) is 2.99. The van der Waals surface area contributed by atoms with E-state index in [4.69, 9.17) is 0 Å². The molecular weight excluding hydrogens is 473 g/mol. The Labute approximate surface area is 212 Å². The van der Waals surface area contributed by atoms with Crippen LogP contribution < -0.4 is 10.6 Å². The number of amides is 2. The predicted molar refractivity (Wildman–Crippen MR) is 145 cm³/mol. The zero-order valence-corrected chi connectivity index (χ0v) is 20.4. The Morgan fingerprint density at radius 3 is 2.39 bits per heavy atom. The molecule has 4 aromatic carbocycles. The van der Waals surface area contributed by atoms with Crippen molar-refractivity contribution in [3.05, 3.63) is 102 Å². The van der Waals surface area contributed by atoms with Gasteiger partial charge in [0.1, 0.15) is 5.82 Å². The van der Waals surface area contributed by atoms with Gasteiger partial charge in [-0.25, -0.2) is 4.39 Å². The summed E-state index contributed by atoms with van der Waals surface area (Å²) in [5.74, 6) is -1.01. The molecule has 0 fully saturated rings. The van der Waals surface area contributed by atoms with Crippen molar-refractivity contribution < 1.29 is 14.0 Å². The van der Waals surface area contributed by atoms with Crippen LogP contribution in [0.15, 0.2) is 95.9 Å². The summed E-state index contributed by atoms with van der Waals surface area (Å²) in [6, 6.07) is 27.2. The Balaban J connectivity index is 1.25. The van der Waals surface area contributed by atoms with Crippen LogP contribution in [0.5, 0.6) is 0 Å². The molecule has 2 amide bonds. The van der Waals surface area contributed by atoms with Gasteiger partial charge < -0.3 is 15.2 Å². The van der Waals surface area contributed by atoms with Crippen LogP contribution >= 0.6 is 11.8 Å². The monoisotopic (exact) mass is 497 g/mol. The second-order valence-corrected chi connectivity index (χ2v) is 9.34. The highest BCUT2D eigenvalue weighted by molar-refractivity contribution is 8.00. The standard InChI is InChI=1S/C29H24FN3O2S/c1-2-33-26-13-6-4-10-22(26)24-17-20(14-15-27(24)33)31-28(34)18-36-21-9-7-8-19(16-21)32-29(35)23-11-3-5-12-25(23)30/h3-17H,2,18H2,1H3,(H,31,34)(H,32,35). The van der Waals surface area contributed by atoms with Gasteiger partial charge in [0.05, 0.1) is 11.3 Å². The number of fused-ring (bicyclic) bond motifs is 3. The first-order valence-corrected chi connectivity index (χ1v) is 12.6. The van der Waals surface area contributed by atoms with Gasteiger partial charge in [0.2, 0.25) is 5.91 Å². The molecule has 0 saturated carbocycles. The molecule has 0 unspecified atom stereocenters. The van der Waals surface area contributed by atoms with Crippen LogP contribution in [0.25, 0.3) is 21.8 Å². The minimum absolute atomic E-state index is 0.0195. The van der Waals surface area contributed by atoms with Crippen molar-refractivity contribution in [2.75, 3.05) is 16.4 Å². The van der Waals surface area contributed by atoms with Crippen LogP contribution in [0.1, 0.15) is 17.3 Å². The number of anilines is 2. The van der Waals surface area contributed by atoms with Crippen molar-refractivity contribution in [2.45, 2.75) is 18.4 Å². The number of nitrogens with zero attached hydrogens (tertiary/aromatic N) is 1. The molecule has 0 aliphatic rings. The van der Waals surface area contributed by atoms with Crippen molar-refractivity contribution >= 4 is 56.8 Å². The smallest absolute Gasteiger partial charge is 0.258 e. The number of carbonyl (C=O) groups is 2. The van der Waals surface area contributed by atoms with Gasteiger partial charge >= 0.3 is 0 Å². The average molecular weight is 498 g/mol. The lowest BCUT2D eigenvalue weighted by molar-refractivity contribution is -0.113. The molecule has 0 spiro atoms. The zero-order chi connectivity index (χ0) is 25.1. The van der Waals surface area contributed by atoms with Gasteiger partial charge in [-0.2, -0.15) is 0 Å². The average Bonchev–Trinajstić information content (AvgIpc) is 3.21. The molecule has 0 aliphatic heterocycles. The van der Waals surface area contributed by atoms with E-state index in [-0.39, 0.29) is 17.2 Å². The highest BCUT2D eigenvalue weighted by Gasteiger charge is 2.13. The molecule has 180 valence electrons. The van der Waals surface area contributed by atoms with Crippen molar-refractivity contribution in [1.82, 2.24) is 4.57 Å². The van der Waals surface area contributed by atoms with Gasteiger partial charge in [0.25, 0.3) is 5.91 Å². The Morgan fingerprint density at radius 1 is 0.806 bits per heavy atom. The summed E-state index contributed by atoms with van der Waals surface area (Å²) in [6.07, 6.45) is 0. The predicted octanol–water partition coefficient (Wildman–Crippen LogP) is 6.94. The maximum atomic E-state index is 13.9. The van der Waals surface area contributed by atoms with E-state index in [1.807, 2.05) is 36.4 Å². The number of rotatable bonds is 7.